The van der Waals surface area contributed by atoms with Gasteiger partial charge in [-0.25, -0.2) is 4.68 Å². The topological polar surface area (TPSA) is 91.3 Å². The van der Waals surface area contributed by atoms with Gasteiger partial charge in [0, 0.05) is 18.3 Å². The van der Waals surface area contributed by atoms with Crippen LogP contribution in [0.5, 0.6) is 0 Å². The molecule has 7 heteroatoms. The summed E-state index contributed by atoms with van der Waals surface area (Å²) in [4.78, 5) is 0. The maximum Gasteiger partial charge on any atom is 0.493 e. The minimum Gasteiger partial charge on any atom is -0.423 e. The molecule has 1 aliphatic rings. The lowest BCUT2D eigenvalue weighted by Gasteiger charge is -2.22. The Balaban J connectivity index is 2.25. The van der Waals surface area contributed by atoms with Crippen molar-refractivity contribution in [2.45, 2.75) is 25.5 Å². The van der Waals surface area contributed by atoms with Gasteiger partial charge in [0.2, 0.25) is 0 Å². The Morgan fingerprint density at radius 2 is 2.38 bits per heavy atom. The summed E-state index contributed by atoms with van der Waals surface area (Å²) in [6.45, 7) is 0.670. The highest BCUT2D eigenvalue weighted by atomic mass is 16.5. The van der Waals surface area contributed by atoms with Crippen LogP contribution in [0.1, 0.15) is 31.2 Å². The average Bonchev–Trinajstić information content (AvgIpc) is 2.74. The van der Waals surface area contributed by atoms with Gasteiger partial charge in [-0.05, 0) is 19.3 Å². The highest BCUT2D eigenvalue weighted by Crippen LogP contribution is 2.21. The van der Waals surface area contributed by atoms with Gasteiger partial charge in [-0.2, -0.15) is 10.4 Å². The predicted molar refractivity (Wildman–Crippen MR) is 55.6 cm³/mol. The molecule has 16 heavy (non-hydrogen) atoms. The quantitative estimate of drug-likeness (QED) is 0.633. The van der Waals surface area contributed by atoms with E-state index in [1.165, 1.54) is 10.9 Å². The molecule has 0 saturated carbocycles. The van der Waals surface area contributed by atoms with Crippen LogP contribution in [0, 0.1) is 11.3 Å². The van der Waals surface area contributed by atoms with Crippen molar-refractivity contribution in [1.82, 2.24) is 9.78 Å². The molecule has 1 unspecified atom stereocenters. The van der Waals surface area contributed by atoms with E-state index in [4.69, 9.17) is 20.0 Å². The molecule has 1 saturated heterocycles. The van der Waals surface area contributed by atoms with E-state index in [1.807, 2.05) is 6.07 Å². The Kier molecular flexibility index (Phi) is 3.24. The van der Waals surface area contributed by atoms with E-state index in [9.17, 15) is 0 Å². The van der Waals surface area contributed by atoms with Crippen molar-refractivity contribution in [3.8, 4) is 6.07 Å². The summed E-state index contributed by atoms with van der Waals surface area (Å²) in [5.74, 6) is 0. The molecular weight excluding hydrogens is 209 g/mol. The van der Waals surface area contributed by atoms with Gasteiger partial charge in [0.05, 0.1) is 0 Å². The van der Waals surface area contributed by atoms with Gasteiger partial charge in [-0.1, -0.05) is 0 Å². The molecule has 6 nitrogen and oxygen atoms in total. The Morgan fingerprint density at radius 3 is 2.88 bits per heavy atom. The van der Waals surface area contributed by atoms with Crippen molar-refractivity contribution in [2.24, 2.45) is 0 Å². The highest BCUT2D eigenvalue weighted by Gasteiger charge is 2.24. The third kappa shape index (κ3) is 2.09. The van der Waals surface area contributed by atoms with Gasteiger partial charge < -0.3 is 14.8 Å². The summed E-state index contributed by atoms with van der Waals surface area (Å²) in [6, 6.07) is 1.83. The summed E-state index contributed by atoms with van der Waals surface area (Å²) < 4.78 is 6.98. The first-order chi connectivity index (χ1) is 7.72. The van der Waals surface area contributed by atoms with Gasteiger partial charge in [-0.3, -0.25) is 0 Å². The first kappa shape index (κ1) is 11.1. The third-order valence-corrected chi connectivity index (χ3v) is 2.60. The minimum atomic E-state index is -1.67. The summed E-state index contributed by atoms with van der Waals surface area (Å²) in [5.41, 5.74) is 0.154. The summed E-state index contributed by atoms with van der Waals surface area (Å²) in [6.07, 6.45) is 4.16. The summed E-state index contributed by atoms with van der Waals surface area (Å²) in [5, 5.41) is 30.9. The molecule has 0 radical (unpaired) electrons. The fourth-order valence-electron chi connectivity index (χ4n) is 1.76. The van der Waals surface area contributed by atoms with Crippen LogP contribution in [0.4, 0.5) is 0 Å². The van der Waals surface area contributed by atoms with Gasteiger partial charge in [0.15, 0.2) is 5.69 Å². The van der Waals surface area contributed by atoms with Crippen molar-refractivity contribution < 1.29 is 14.8 Å². The highest BCUT2D eigenvalue weighted by molar-refractivity contribution is 6.59. The lowest BCUT2D eigenvalue weighted by atomic mass is 9.81. The smallest absolute Gasteiger partial charge is 0.423 e. The predicted octanol–water partition coefficient (Wildman–Crippen LogP) is -0.866. The van der Waals surface area contributed by atoms with E-state index >= 15 is 0 Å². The van der Waals surface area contributed by atoms with Gasteiger partial charge in [-0.15, -0.1) is 0 Å². The largest absolute Gasteiger partial charge is 0.493 e. The van der Waals surface area contributed by atoms with Crippen LogP contribution in [0.3, 0.4) is 0 Å². The molecule has 0 amide bonds. The standard InChI is InChI=1S/C9H12BN3O3/c11-5-8-7(10(14)15)6-13(12-8)9-3-1-2-4-16-9/h6,9,14-15H,1-4H2. The summed E-state index contributed by atoms with van der Waals surface area (Å²) >= 11 is 0. The Labute approximate surface area is 93.2 Å². The molecule has 1 aromatic rings. The van der Waals surface area contributed by atoms with E-state index in [2.05, 4.69) is 5.10 Å². The fraction of sp³-hybridized carbons (Fsp3) is 0.556. The maximum atomic E-state index is 9.06. The van der Waals surface area contributed by atoms with Crippen molar-refractivity contribution >= 4 is 12.6 Å². The molecule has 0 aliphatic carbocycles. The number of aromatic nitrogens is 2. The SMILES string of the molecule is N#Cc1nn(C2CCCCO2)cc1B(O)O. The van der Waals surface area contributed by atoms with Crippen LogP contribution < -0.4 is 5.46 Å². The molecule has 2 rings (SSSR count). The zero-order chi connectivity index (χ0) is 11.5. The number of hydrogen-bond donors (Lipinski definition) is 2. The third-order valence-electron chi connectivity index (χ3n) is 2.60. The number of rotatable bonds is 2. The van der Waals surface area contributed by atoms with E-state index in [1.54, 1.807) is 0 Å². The van der Waals surface area contributed by atoms with Crippen LogP contribution >= 0.6 is 0 Å². The molecule has 2 heterocycles. The first-order valence-electron chi connectivity index (χ1n) is 5.19. The lowest BCUT2D eigenvalue weighted by Crippen LogP contribution is -2.31. The second kappa shape index (κ2) is 4.66. The average molecular weight is 221 g/mol. The van der Waals surface area contributed by atoms with Crippen molar-refractivity contribution in [3.05, 3.63) is 11.9 Å². The van der Waals surface area contributed by atoms with Crippen molar-refractivity contribution in [2.75, 3.05) is 6.61 Å². The van der Waals surface area contributed by atoms with E-state index in [0.717, 1.165) is 19.3 Å². The van der Waals surface area contributed by atoms with Crippen molar-refractivity contribution in [1.29, 1.82) is 5.26 Å². The fourth-order valence-corrected chi connectivity index (χ4v) is 1.76. The monoisotopic (exact) mass is 221 g/mol. The Morgan fingerprint density at radius 1 is 1.56 bits per heavy atom. The second-order valence-electron chi connectivity index (χ2n) is 3.72. The lowest BCUT2D eigenvalue weighted by molar-refractivity contribution is -0.0395. The van der Waals surface area contributed by atoms with Gasteiger partial charge in [0.1, 0.15) is 12.3 Å². The molecular formula is C9H12BN3O3. The molecule has 84 valence electrons. The first-order valence-corrected chi connectivity index (χ1v) is 5.19. The molecule has 1 aromatic heterocycles. The summed E-state index contributed by atoms with van der Waals surface area (Å²) in [7, 11) is -1.67. The molecule has 2 N–H and O–H groups in total. The van der Waals surface area contributed by atoms with E-state index in [0.29, 0.717) is 6.61 Å². The molecule has 0 spiro atoms. The Hall–Kier alpha value is -1.36. The Bertz CT molecular complexity index is 407. The van der Waals surface area contributed by atoms with Gasteiger partial charge in [0.25, 0.3) is 0 Å². The maximum absolute atomic E-state index is 9.06. The number of ether oxygens (including phenoxy) is 1. The molecule has 0 aromatic carbocycles. The normalized spacial score (nSPS) is 20.4. The molecule has 0 bridgehead atoms. The van der Waals surface area contributed by atoms with E-state index < -0.39 is 7.12 Å². The second-order valence-corrected chi connectivity index (χ2v) is 3.72. The van der Waals surface area contributed by atoms with Crippen LogP contribution in [-0.2, 0) is 4.74 Å². The number of nitrogens with zero attached hydrogens (tertiary/aromatic N) is 3. The zero-order valence-electron chi connectivity index (χ0n) is 8.70. The molecule has 1 aliphatic heterocycles. The van der Waals surface area contributed by atoms with Crippen molar-refractivity contribution in [3.63, 3.8) is 0 Å². The van der Waals surface area contributed by atoms with Gasteiger partial charge >= 0.3 is 7.12 Å². The van der Waals surface area contributed by atoms with Crippen LogP contribution in [0.2, 0.25) is 0 Å². The molecule has 1 atom stereocenters. The van der Waals surface area contributed by atoms with Crippen LogP contribution in [0.15, 0.2) is 6.20 Å². The number of nitriles is 1. The zero-order valence-corrected chi connectivity index (χ0v) is 8.70. The van der Waals surface area contributed by atoms with Crippen LogP contribution in [-0.4, -0.2) is 33.6 Å². The molecule has 1 fully saturated rings. The van der Waals surface area contributed by atoms with E-state index in [-0.39, 0.29) is 17.4 Å². The number of hydrogen-bond acceptors (Lipinski definition) is 5. The minimum absolute atomic E-state index is 0.0316. The van der Waals surface area contributed by atoms with Crippen LogP contribution in [0.25, 0.3) is 0 Å².